The van der Waals surface area contributed by atoms with E-state index < -0.39 is 75.7 Å². The smallest absolute Gasteiger partial charge is 0.301 e. The summed E-state index contributed by atoms with van der Waals surface area (Å²) in [4.78, 5) is 124. The number of nitrogens with one attached hydrogen (secondary N) is 1. The Kier molecular flexibility index (Phi) is 35.0. The van der Waals surface area contributed by atoms with Crippen LogP contribution in [0.5, 0.6) is 0 Å². The van der Waals surface area contributed by atoms with Gasteiger partial charge in [0, 0.05) is 62.5 Å². The molecule has 3 atom stereocenters. The largest absolute Gasteiger partial charge is 0.501 e. The zero-order valence-electron chi connectivity index (χ0n) is 66.0. The molecule has 2 N–H and O–H groups in total. The first-order chi connectivity index (χ1) is 55.3. The molecule has 3 aliphatic heterocycles. The van der Waals surface area contributed by atoms with E-state index in [1.807, 2.05) is 260 Å². The summed E-state index contributed by atoms with van der Waals surface area (Å²) in [5.41, 5.74) is 8.56. The van der Waals surface area contributed by atoms with Crippen molar-refractivity contribution in [2.45, 2.75) is 94.2 Å². The average molecular weight is 1660 g/mol. The van der Waals surface area contributed by atoms with Crippen molar-refractivity contribution in [1.82, 2.24) is 15.1 Å². The number of urea groups is 3. The fraction of sp³-hybridized carbons (Fsp3) is 0.267. The first kappa shape index (κ1) is 90.6. The predicted molar refractivity (Wildman–Crippen MR) is 437 cm³/mol. The minimum Gasteiger partial charge on any atom is -0.301 e. The Hall–Kier alpha value is -10.9. The Morgan fingerprint density at radius 1 is 0.414 bits per heavy atom. The summed E-state index contributed by atoms with van der Waals surface area (Å²) in [6, 6.07) is 81.3. The molecule has 9 amide bonds. The predicted octanol–water partition coefficient (Wildman–Crippen LogP) is 17.0. The molecule has 116 heavy (non-hydrogen) atoms. The first-order valence-corrected chi connectivity index (χ1v) is 41.2. The molecule has 9 aromatic carbocycles. The number of imide groups is 3. The summed E-state index contributed by atoms with van der Waals surface area (Å²) in [6.07, 6.45) is 0.332. The number of ketones is 2. The SMILES string of the molecule is CC(=O)OO.CC(C)C1C(=O)N(CC(=O)c2ccccc2)C(=O)N=C1Cc1ccccc1.CC(C)C1C(=O)N(CC(=O)c2ccccc2)C(=O)[N+](CP(=O)(OCc2ccccc2)OCc2ccccc2)=C1Cc1ccccc1.CC(C)C1C(=O)NC(=O)[N+](CP(=O)(OCc2ccccc2)OCc2ccccc2)=C1Cc1ccccc1.[Zn]. The molecular formula is C90H96N6O17P2Zn+2. The van der Waals surface area contributed by atoms with Gasteiger partial charge in [0.05, 0.1) is 38.9 Å². The van der Waals surface area contributed by atoms with Gasteiger partial charge >= 0.3 is 51.1 Å². The topological polar surface area (TPSA) is 291 Å². The minimum atomic E-state index is -4.03. The van der Waals surface area contributed by atoms with Crippen LogP contribution < -0.4 is 5.32 Å². The fourth-order valence-corrected chi connectivity index (χ4v) is 16.3. The van der Waals surface area contributed by atoms with Crippen molar-refractivity contribution in [3.05, 3.63) is 323 Å². The maximum Gasteiger partial charge on any atom is 0.501 e. The summed E-state index contributed by atoms with van der Waals surface area (Å²) in [6.45, 7) is 12.0. The second kappa shape index (κ2) is 44.8. The Labute approximate surface area is 689 Å². The van der Waals surface area contributed by atoms with Crippen LogP contribution in [0.1, 0.15) is 108 Å². The third-order valence-corrected chi connectivity index (χ3v) is 22.2. The number of hydrogen-bond donors (Lipinski definition) is 2. The second-order valence-corrected chi connectivity index (χ2v) is 32.5. The molecule has 3 heterocycles. The third-order valence-electron chi connectivity index (χ3n) is 18.8. The van der Waals surface area contributed by atoms with Crippen LogP contribution in [0.3, 0.4) is 0 Å². The molecular weight excluding hydrogens is 1560 g/mol. The van der Waals surface area contributed by atoms with Gasteiger partial charge in [0.1, 0.15) is 23.3 Å². The number of benzene rings is 9. The maximum absolute atomic E-state index is 14.7. The second-order valence-electron chi connectivity index (χ2n) is 28.5. The van der Waals surface area contributed by atoms with Crippen LogP contribution in [0.25, 0.3) is 0 Å². The Morgan fingerprint density at radius 2 is 0.698 bits per heavy atom. The van der Waals surface area contributed by atoms with Gasteiger partial charge in [-0.05, 0) is 56.7 Å². The molecule has 26 heteroatoms. The van der Waals surface area contributed by atoms with Gasteiger partial charge in [-0.1, -0.05) is 315 Å². The monoisotopic (exact) mass is 1660 g/mol. The number of hydrogen-bond acceptors (Lipinski definition) is 17. The van der Waals surface area contributed by atoms with Crippen LogP contribution >= 0.6 is 15.2 Å². The van der Waals surface area contributed by atoms with E-state index in [0.717, 1.165) is 55.7 Å². The molecule has 12 rings (SSSR count). The third kappa shape index (κ3) is 26.6. The number of amides is 9. The molecule has 0 aliphatic carbocycles. The number of rotatable bonds is 31. The number of nitrogens with zero attached hydrogens (tertiary/aromatic N) is 5. The van der Waals surface area contributed by atoms with E-state index in [1.54, 1.807) is 54.6 Å². The summed E-state index contributed by atoms with van der Waals surface area (Å²) in [7, 11) is -7.87. The van der Waals surface area contributed by atoms with Crippen LogP contribution in [0.15, 0.2) is 278 Å². The van der Waals surface area contributed by atoms with E-state index in [1.165, 1.54) is 9.15 Å². The maximum atomic E-state index is 14.7. The van der Waals surface area contributed by atoms with Gasteiger partial charge in [0.15, 0.2) is 24.9 Å². The summed E-state index contributed by atoms with van der Waals surface area (Å²) < 4.78 is 55.5. The molecule has 0 fully saturated rings. The number of aliphatic imine (C=N–C) groups is 1. The Morgan fingerprint density at radius 3 is 1.03 bits per heavy atom. The van der Waals surface area contributed by atoms with Crippen molar-refractivity contribution in [1.29, 1.82) is 0 Å². The van der Waals surface area contributed by atoms with Gasteiger partial charge in [0.2, 0.25) is 11.7 Å². The van der Waals surface area contributed by atoms with Crippen LogP contribution in [-0.2, 0) is 116 Å². The van der Waals surface area contributed by atoms with Crippen molar-refractivity contribution in [3.63, 3.8) is 0 Å². The zero-order chi connectivity index (χ0) is 82.4. The molecule has 0 saturated carbocycles. The van der Waals surface area contributed by atoms with Crippen molar-refractivity contribution in [3.8, 4) is 0 Å². The number of carbonyl (C=O) groups is 9. The molecule has 0 spiro atoms. The quantitative estimate of drug-likeness (QED) is 0.0102. The normalized spacial score (nSPS) is 15.6. The van der Waals surface area contributed by atoms with Crippen molar-refractivity contribution in [2.75, 3.05) is 25.7 Å². The van der Waals surface area contributed by atoms with Gasteiger partial charge < -0.3 is 23.0 Å². The molecule has 9 aromatic rings. The van der Waals surface area contributed by atoms with Gasteiger partial charge in [0.25, 0.3) is 0 Å². The minimum absolute atomic E-state index is 0. The zero-order valence-corrected chi connectivity index (χ0v) is 70.8. The molecule has 3 unspecified atom stereocenters. The van der Waals surface area contributed by atoms with Gasteiger partial charge in [-0.2, -0.15) is 34.2 Å². The van der Waals surface area contributed by atoms with Crippen LogP contribution in [0.4, 0.5) is 14.4 Å². The molecule has 3 aliphatic rings. The summed E-state index contributed by atoms with van der Waals surface area (Å²) >= 11 is 0. The van der Waals surface area contributed by atoms with E-state index >= 15 is 0 Å². The molecule has 0 bridgehead atoms. The fourth-order valence-electron chi connectivity index (χ4n) is 13.1. The van der Waals surface area contributed by atoms with Crippen molar-refractivity contribution >= 4 is 85.7 Å². The molecule has 0 saturated heterocycles. The Balaban J connectivity index is 0.000000216. The average Bonchev–Trinajstić information content (AvgIpc) is 0.761. The van der Waals surface area contributed by atoms with E-state index in [2.05, 4.69) is 15.2 Å². The van der Waals surface area contributed by atoms with Crippen LogP contribution in [-0.4, -0.2) is 120 Å². The standard InChI is InChI=1S/C37H38N2O6P.C29H31N2O5P.C22H22N2O3.C2H4O3.Zn/c1-28(2)35-33(23-29-15-7-3-8-16-29)39(37(42)38(36(35)41)24-34(40)32-21-13-6-14-22-32)27-46(43,44-25-30-17-9-4-10-18-30)45-26-31-19-11-5-12-20-31;1-22(2)27-26(18-23-12-6-3-7-13-23)31(29(33)30-28(27)32)21-37(34,35-19-24-14-8-4-9-15-24)36-20-25-16-10-5-11-17-25;1-15(2)20-18(13-16-9-5-3-6-10-16)23-22(27)24(21(20)26)14-19(25)17-11-7-4-8-12-17;1-2(3)5-4;/h3-22,28,35H,23-27H2,1-2H3;3-17,22,27H,18-21H2,1-2H3;3-12,15,20H,13-14H2,1-2H3;4H,1H3;/q+1;;;;/p+1. The number of Topliss-reactive ketones (excluding diaryl/α,β-unsaturated/α-hetero) is 2. The summed E-state index contributed by atoms with van der Waals surface area (Å²) in [5.74, 6) is -4.66. The van der Waals surface area contributed by atoms with E-state index in [9.17, 15) is 52.3 Å². The molecule has 0 aromatic heterocycles. The Bertz CT molecular complexity index is 4900. The first-order valence-electron chi connectivity index (χ1n) is 37.7. The van der Waals surface area contributed by atoms with Crippen molar-refractivity contribution < 1.29 is 109 Å². The van der Waals surface area contributed by atoms with Crippen molar-refractivity contribution in [2.24, 2.45) is 40.5 Å². The molecule has 598 valence electrons. The van der Waals surface area contributed by atoms with E-state index in [4.69, 9.17) is 23.4 Å². The van der Waals surface area contributed by atoms with Crippen LogP contribution in [0.2, 0.25) is 0 Å². The molecule has 23 nitrogen and oxygen atoms in total. The van der Waals surface area contributed by atoms with E-state index in [0.29, 0.717) is 41.1 Å². The van der Waals surface area contributed by atoms with Gasteiger partial charge in [-0.3, -0.25) is 28.4 Å². The summed E-state index contributed by atoms with van der Waals surface area (Å²) in [5, 5.41) is 9.74. The van der Waals surface area contributed by atoms with Crippen LogP contribution in [0, 0.1) is 35.5 Å². The number of carbonyl (C=O) groups excluding carboxylic acids is 9. The van der Waals surface area contributed by atoms with Gasteiger partial charge in [-0.15, -0.1) is 0 Å². The molecule has 0 radical (unpaired) electrons. The van der Waals surface area contributed by atoms with Gasteiger partial charge in [-0.25, -0.2) is 24.2 Å². The van der Waals surface area contributed by atoms with E-state index in [-0.39, 0.29) is 106 Å².